The second-order valence-electron chi connectivity index (χ2n) is 6.82. The summed E-state index contributed by atoms with van der Waals surface area (Å²) in [5.41, 5.74) is 0. The molecule has 0 unspecified atom stereocenters. The van der Waals surface area contributed by atoms with Gasteiger partial charge in [-0.05, 0) is 57.9 Å². The minimum atomic E-state index is 0.253. The Kier molecular flexibility index (Phi) is 3.09. The maximum absolute atomic E-state index is 6.85. The number of hydrogen-bond donors (Lipinski definition) is 0. The fraction of sp³-hybridized carbons (Fsp3) is 0.0435. The fourth-order valence-corrected chi connectivity index (χ4v) is 4.57. The first-order valence-corrected chi connectivity index (χ1v) is 9.41. The third-order valence-corrected chi connectivity index (χ3v) is 6.11. The van der Waals surface area contributed by atoms with Gasteiger partial charge in [0.1, 0.15) is 0 Å². The van der Waals surface area contributed by atoms with Crippen LogP contribution >= 0.6 is 23.2 Å². The van der Waals surface area contributed by atoms with Crippen LogP contribution in [0.5, 0.6) is 11.5 Å². The SMILES string of the molecule is Clc1c2cc3ccccc3cc2c(Cl)c2cc3cc4c(cc3cc12)OCO4. The van der Waals surface area contributed by atoms with Crippen molar-refractivity contribution < 1.29 is 9.47 Å². The molecule has 4 heteroatoms. The Morgan fingerprint density at radius 3 is 1.41 bits per heavy atom. The molecule has 27 heavy (non-hydrogen) atoms. The Balaban J connectivity index is 1.78. The van der Waals surface area contributed by atoms with Crippen molar-refractivity contribution in [2.75, 3.05) is 6.79 Å². The lowest BCUT2D eigenvalue weighted by atomic mass is 9.97. The van der Waals surface area contributed by atoms with Crippen LogP contribution in [0.1, 0.15) is 0 Å². The molecular weight excluding hydrogens is 379 g/mol. The molecule has 0 fully saturated rings. The number of hydrogen-bond acceptors (Lipinski definition) is 2. The van der Waals surface area contributed by atoms with E-state index in [1.54, 1.807) is 0 Å². The molecule has 1 aliphatic rings. The molecule has 0 atom stereocenters. The van der Waals surface area contributed by atoms with Crippen molar-refractivity contribution in [3.05, 3.63) is 70.7 Å². The normalized spacial score (nSPS) is 13.3. The zero-order valence-corrected chi connectivity index (χ0v) is 15.6. The molecule has 130 valence electrons. The van der Waals surface area contributed by atoms with Crippen LogP contribution in [0.15, 0.2) is 60.7 Å². The first kappa shape index (κ1) is 15.4. The molecule has 1 aliphatic heterocycles. The second kappa shape index (κ2) is 5.41. The Morgan fingerprint density at radius 1 is 0.556 bits per heavy atom. The molecule has 5 aromatic carbocycles. The third-order valence-electron chi connectivity index (χ3n) is 5.30. The van der Waals surface area contributed by atoms with Gasteiger partial charge in [-0.25, -0.2) is 0 Å². The Hall–Kier alpha value is -2.68. The first-order chi connectivity index (χ1) is 13.2. The van der Waals surface area contributed by atoms with E-state index in [0.717, 1.165) is 64.6 Å². The van der Waals surface area contributed by atoms with E-state index in [2.05, 4.69) is 36.4 Å². The van der Waals surface area contributed by atoms with E-state index in [0.29, 0.717) is 0 Å². The first-order valence-electron chi connectivity index (χ1n) is 8.66. The lowest BCUT2D eigenvalue weighted by Crippen LogP contribution is -1.92. The van der Waals surface area contributed by atoms with E-state index >= 15 is 0 Å². The van der Waals surface area contributed by atoms with Crippen LogP contribution in [0.2, 0.25) is 10.0 Å². The molecular formula is C23H12Cl2O2. The molecule has 0 bridgehead atoms. The van der Waals surface area contributed by atoms with Crippen molar-refractivity contribution in [1.29, 1.82) is 0 Å². The van der Waals surface area contributed by atoms with Gasteiger partial charge in [-0.2, -0.15) is 0 Å². The monoisotopic (exact) mass is 390 g/mol. The van der Waals surface area contributed by atoms with Gasteiger partial charge in [-0.1, -0.05) is 47.5 Å². The highest BCUT2D eigenvalue weighted by atomic mass is 35.5. The second-order valence-corrected chi connectivity index (χ2v) is 7.58. The summed E-state index contributed by atoms with van der Waals surface area (Å²) in [6, 6.07) is 20.6. The van der Waals surface area contributed by atoms with Crippen molar-refractivity contribution in [3.63, 3.8) is 0 Å². The van der Waals surface area contributed by atoms with Crippen molar-refractivity contribution in [1.82, 2.24) is 0 Å². The average Bonchev–Trinajstić information content (AvgIpc) is 3.15. The highest BCUT2D eigenvalue weighted by molar-refractivity contribution is 6.48. The van der Waals surface area contributed by atoms with E-state index < -0.39 is 0 Å². The van der Waals surface area contributed by atoms with Gasteiger partial charge >= 0.3 is 0 Å². The standard InChI is InChI=1S/C23H12Cl2O2/c24-22-16-5-12-3-1-2-4-13(12)6-17(16)23(25)19-8-15-10-21-20(26-11-27-21)9-14(15)7-18(19)22/h1-10H,11H2. The smallest absolute Gasteiger partial charge is 0.231 e. The summed E-state index contributed by atoms with van der Waals surface area (Å²) in [4.78, 5) is 0. The number of halogens is 2. The topological polar surface area (TPSA) is 18.5 Å². The van der Waals surface area contributed by atoms with E-state index in [4.69, 9.17) is 32.7 Å². The average molecular weight is 391 g/mol. The van der Waals surface area contributed by atoms with Gasteiger partial charge < -0.3 is 9.47 Å². The molecule has 0 N–H and O–H groups in total. The third kappa shape index (κ3) is 2.14. The summed E-state index contributed by atoms with van der Waals surface area (Å²) >= 11 is 13.7. The van der Waals surface area contributed by atoms with E-state index in [1.807, 2.05) is 24.3 Å². The van der Waals surface area contributed by atoms with Crippen LogP contribution in [0.3, 0.4) is 0 Å². The number of fused-ring (bicyclic) bond motifs is 5. The van der Waals surface area contributed by atoms with Crippen molar-refractivity contribution >= 4 is 66.3 Å². The quantitative estimate of drug-likeness (QED) is 0.257. The Labute approximate surface area is 164 Å². The predicted molar refractivity (Wildman–Crippen MR) is 113 cm³/mol. The summed E-state index contributed by atoms with van der Waals surface area (Å²) in [6.45, 7) is 0.253. The number of rotatable bonds is 0. The van der Waals surface area contributed by atoms with E-state index in [9.17, 15) is 0 Å². The molecule has 0 radical (unpaired) electrons. The van der Waals surface area contributed by atoms with Crippen molar-refractivity contribution in [2.24, 2.45) is 0 Å². The fourth-order valence-electron chi connectivity index (χ4n) is 3.95. The molecule has 2 nitrogen and oxygen atoms in total. The molecule has 0 amide bonds. The van der Waals surface area contributed by atoms with Crippen molar-refractivity contribution in [3.8, 4) is 11.5 Å². The van der Waals surface area contributed by atoms with Gasteiger partial charge in [0.05, 0.1) is 10.0 Å². The lowest BCUT2D eigenvalue weighted by Gasteiger charge is -2.12. The number of ether oxygens (including phenoxy) is 2. The highest BCUT2D eigenvalue weighted by Gasteiger charge is 2.17. The molecule has 0 aromatic heterocycles. The van der Waals surface area contributed by atoms with Gasteiger partial charge in [0.2, 0.25) is 6.79 Å². The molecule has 0 spiro atoms. The van der Waals surface area contributed by atoms with Gasteiger partial charge in [0, 0.05) is 21.5 Å². The van der Waals surface area contributed by atoms with Crippen LogP contribution in [-0.4, -0.2) is 6.79 Å². The predicted octanol–water partition coefficient (Wildman–Crippen LogP) is 7.33. The molecule has 0 aliphatic carbocycles. The zero-order chi connectivity index (χ0) is 18.1. The van der Waals surface area contributed by atoms with E-state index in [-0.39, 0.29) is 6.79 Å². The van der Waals surface area contributed by atoms with Crippen LogP contribution in [0.25, 0.3) is 43.1 Å². The largest absolute Gasteiger partial charge is 0.454 e. The maximum atomic E-state index is 6.85. The summed E-state index contributed by atoms with van der Waals surface area (Å²) in [5, 5.41) is 9.63. The van der Waals surface area contributed by atoms with Crippen LogP contribution in [0.4, 0.5) is 0 Å². The molecule has 0 saturated heterocycles. The highest BCUT2D eigenvalue weighted by Crippen LogP contribution is 2.44. The minimum absolute atomic E-state index is 0.253. The summed E-state index contributed by atoms with van der Waals surface area (Å²) in [7, 11) is 0. The summed E-state index contributed by atoms with van der Waals surface area (Å²) in [6.07, 6.45) is 0. The Morgan fingerprint density at radius 2 is 0.963 bits per heavy atom. The zero-order valence-electron chi connectivity index (χ0n) is 14.1. The molecule has 6 rings (SSSR count). The van der Waals surface area contributed by atoms with E-state index in [1.165, 1.54) is 0 Å². The maximum Gasteiger partial charge on any atom is 0.231 e. The van der Waals surface area contributed by atoms with Crippen LogP contribution in [0, 0.1) is 0 Å². The van der Waals surface area contributed by atoms with Crippen LogP contribution < -0.4 is 9.47 Å². The van der Waals surface area contributed by atoms with Crippen LogP contribution in [-0.2, 0) is 0 Å². The lowest BCUT2D eigenvalue weighted by molar-refractivity contribution is 0.174. The van der Waals surface area contributed by atoms with Gasteiger partial charge in [-0.3, -0.25) is 0 Å². The number of benzene rings is 5. The molecule has 1 heterocycles. The van der Waals surface area contributed by atoms with Gasteiger partial charge in [0.25, 0.3) is 0 Å². The molecule has 0 saturated carbocycles. The Bertz CT molecular complexity index is 1320. The van der Waals surface area contributed by atoms with Gasteiger partial charge in [-0.15, -0.1) is 0 Å². The molecule has 5 aromatic rings. The summed E-state index contributed by atoms with van der Waals surface area (Å²) < 4.78 is 11.0. The van der Waals surface area contributed by atoms with Crippen molar-refractivity contribution in [2.45, 2.75) is 0 Å². The van der Waals surface area contributed by atoms with Gasteiger partial charge in [0.15, 0.2) is 11.5 Å². The minimum Gasteiger partial charge on any atom is -0.454 e. The summed E-state index contributed by atoms with van der Waals surface area (Å²) in [5.74, 6) is 1.52.